The van der Waals surface area contributed by atoms with E-state index in [0.717, 1.165) is 29.1 Å². The first-order valence-corrected chi connectivity index (χ1v) is 6.39. The fourth-order valence-electron chi connectivity index (χ4n) is 1.77. The van der Waals surface area contributed by atoms with E-state index in [1.807, 2.05) is 6.92 Å². The normalized spacial score (nSPS) is 12.7. The Morgan fingerprint density at radius 3 is 2.89 bits per heavy atom. The van der Waals surface area contributed by atoms with Gasteiger partial charge < -0.3 is 5.73 Å². The second-order valence-electron chi connectivity index (χ2n) is 3.98. The van der Waals surface area contributed by atoms with Crippen LogP contribution in [0.5, 0.6) is 0 Å². The lowest BCUT2D eigenvalue weighted by atomic mass is 10.0. The SMILES string of the molecule is CCc1nnsc1C(N)Cc1cc(F)ccc1F. The number of aromatic nitrogens is 2. The van der Waals surface area contributed by atoms with Crippen LogP contribution in [0, 0.1) is 11.6 Å². The molecule has 2 N–H and O–H groups in total. The second kappa shape index (κ2) is 5.49. The van der Waals surface area contributed by atoms with E-state index in [0.29, 0.717) is 0 Å². The standard InChI is InChI=1S/C12H13F2N3S/c1-2-11-12(18-17-16-11)10(15)6-7-5-8(13)3-4-9(7)14/h3-5,10H,2,6,15H2,1H3. The van der Waals surface area contributed by atoms with Crippen LogP contribution in [-0.2, 0) is 12.8 Å². The van der Waals surface area contributed by atoms with Crippen LogP contribution in [0.1, 0.15) is 29.1 Å². The van der Waals surface area contributed by atoms with Crippen molar-refractivity contribution >= 4 is 11.5 Å². The van der Waals surface area contributed by atoms with Crippen molar-refractivity contribution in [3.8, 4) is 0 Å². The number of nitrogens with two attached hydrogens (primary N) is 1. The Kier molecular flexibility index (Phi) is 3.98. The average molecular weight is 269 g/mol. The second-order valence-corrected chi connectivity index (χ2v) is 4.77. The van der Waals surface area contributed by atoms with Gasteiger partial charge in [0.2, 0.25) is 0 Å². The maximum atomic E-state index is 13.5. The predicted octanol–water partition coefficient (Wildman–Crippen LogP) is 2.62. The maximum Gasteiger partial charge on any atom is 0.126 e. The minimum Gasteiger partial charge on any atom is -0.323 e. The number of rotatable bonds is 4. The summed E-state index contributed by atoms with van der Waals surface area (Å²) in [5, 5.41) is 3.96. The summed E-state index contributed by atoms with van der Waals surface area (Å²) in [5.41, 5.74) is 7.11. The molecule has 6 heteroatoms. The lowest BCUT2D eigenvalue weighted by Gasteiger charge is -2.11. The van der Waals surface area contributed by atoms with Gasteiger partial charge in [0.15, 0.2) is 0 Å². The van der Waals surface area contributed by atoms with E-state index in [9.17, 15) is 8.78 Å². The van der Waals surface area contributed by atoms with Crippen molar-refractivity contribution in [2.24, 2.45) is 5.73 Å². The van der Waals surface area contributed by atoms with Crippen molar-refractivity contribution in [1.29, 1.82) is 0 Å². The van der Waals surface area contributed by atoms with Crippen LogP contribution in [0.4, 0.5) is 8.78 Å². The quantitative estimate of drug-likeness (QED) is 0.928. The molecule has 0 aliphatic heterocycles. The van der Waals surface area contributed by atoms with Gasteiger partial charge in [0.25, 0.3) is 0 Å². The molecule has 2 rings (SSSR count). The van der Waals surface area contributed by atoms with Crippen LogP contribution in [0.2, 0.25) is 0 Å². The van der Waals surface area contributed by atoms with E-state index >= 15 is 0 Å². The monoisotopic (exact) mass is 269 g/mol. The molecule has 0 saturated carbocycles. The summed E-state index contributed by atoms with van der Waals surface area (Å²) in [6.45, 7) is 1.95. The Morgan fingerprint density at radius 1 is 1.39 bits per heavy atom. The van der Waals surface area contributed by atoms with Gasteiger partial charge in [0.05, 0.1) is 10.6 Å². The van der Waals surface area contributed by atoms with Crippen molar-refractivity contribution < 1.29 is 8.78 Å². The smallest absolute Gasteiger partial charge is 0.126 e. The third-order valence-corrected chi connectivity index (χ3v) is 3.60. The fraction of sp³-hybridized carbons (Fsp3) is 0.333. The molecule has 0 fully saturated rings. The maximum absolute atomic E-state index is 13.5. The minimum atomic E-state index is -0.461. The van der Waals surface area contributed by atoms with Crippen molar-refractivity contribution in [3.05, 3.63) is 46.0 Å². The lowest BCUT2D eigenvalue weighted by Crippen LogP contribution is -2.14. The predicted molar refractivity (Wildman–Crippen MR) is 66.3 cm³/mol. The minimum absolute atomic E-state index is 0.237. The molecule has 0 amide bonds. The highest BCUT2D eigenvalue weighted by Gasteiger charge is 2.17. The zero-order valence-electron chi connectivity index (χ0n) is 9.86. The molecule has 96 valence electrons. The first-order valence-electron chi connectivity index (χ1n) is 5.62. The average Bonchev–Trinajstić information content (AvgIpc) is 2.82. The van der Waals surface area contributed by atoms with E-state index in [1.54, 1.807) is 0 Å². The Balaban J connectivity index is 2.21. The summed E-state index contributed by atoms with van der Waals surface area (Å²) in [5.74, 6) is -0.904. The van der Waals surface area contributed by atoms with Crippen LogP contribution in [-0.4, -0.2) is 9.59 Å². The van der Waals surface area contributed by atoms with Crippen LogP contribution < -0.4 is 5.73 Å². The molecular weight excluding hydrogens is 256 g/mol. The number of hydrogen-bond donors (Lipinski definition) is 1. The molecule has 0 bridgehead atoms. The first kappa shape index (κ1) is 13.0. The molecule has 1 atom stereocenters. The number of aryl methyl sites for hydroxylation is 1. The Bertz CT molecular complexity index is 542. The van der Waals surface area contributed by atoms with Gasteiger partial charge in [0.1, 0.15) is 11.6 Å². The van der Waals surface area contributed by atoms with E-state index in [-0.39, 0.29) is 12.0 Å². The molecule has 3 nitrogen and oxygen atoms in total. The van der Waals surface area contributed by atoms with Gasteiger partial charge in [-0.25, -0.2) is 8.78 Å². The van der Waals surface area contributed by atoms with Crippen molar-refractivity contribution in [1.82, 2.24) is 9.59 Å². The topological polar surface area (TPSA) is 51.8 Å². The van der Waals surface area contributed by atoms with Crippen LogP contribution >= 0.6 is 11.5 Å². The lowest BCUT2D eigenvalue weighted by molar-refractivity contribution is 0.573. The number of nitrogens with zero attached hydrogens (tertiary/aromatic N) is 2. The molecule has 2 aromatic rings. The summed E-state index contributed by atoms with van der Waals surface area (Å²) < 4.78 is 30.4. The van der Waals surface area contributed by atoms with E-state index in [2.05, 4.69) is 9.59 Å². The third kappa shape index (κ3) is 2.70. The van der Waals surface area contributed by atoms with Gasteiger partial charge in [0, 0.05) is 6.04 Å². The molecule has 0 spiro atoms. The van der Waals surface area contributed by atoms with Crippen molar-refractivity contribution in [2.45, 2.75) is 25.8 Å². The Hall–Kier alpha value is -1.40. The van der Waals surface area contributed by atoms with Crippen LogP contribution in [0.15, 0.2) is 18.2 Å². The molecular formula is C12H13F2N3S. The molecule has 18 heavy (non-hydrogen) atoms. The number of hydrogen-bond acceptors (Lipinski definition) is 4. The highest BCUT2D eigenvalue weighted by atomic mass is 32.1. The molecule has 0 saturated heterocycles. The zero-order chi connectivity index (χ0) is 13.1. The summed E-state index contributed by atoms with van der Waals surface area (Å²) in [6.07, 6.45) is 0.964. The molecule has 0 aliphatic carbocycles. The summed E-state index contributed by atoms with van der Waals surface area (Å²) in [4.78, 5) is 0.834. The molecule has 1 heterocycles. The van der Waals surface area contributed by atoms with Crippen molar-refractivity contribution in [2.75, 3.05) is 0 Å². The molecule has 1 unspecified atom stereocenters. The van der Waals surface area contributed by atoms with Crippen LogP contribution in [0.3, 0.4) is 0 Å². The Morgan fingerprint density at radius 2 is 2.17 bits per heavy atom. The summed E-state index contributed by atoms with van der Waals surface area (Å²) in [6, 6.07) is 2.98. The summed E-state index contributed by atoms with van der Waals surface area (Å²) >= 11 is 1.21. The highest BCUT2D eigenvalue weighted by molar-refractivity contribution is 7.05. The van der Waals surface area contributed by atoms with E-state index in [4.69, 9.17) is 5.73 Å². The van der Waals surface area contributed by atoms with Gasteiger partial charge in [-0.3, -0.25) is 0 Å². The third-order valence-electron chi connectivity index (χ3n) is 2.70. The van der Waals surface area contributed by atoms with Gasteiger partial charge >= 0.3 is 0 Å². The van der Waals surface area contributed by atoms with Crippen LogP contribution in [0.25, 0.3) is 0 Å². The first-order chi connectivity index (χ1) is 8.61. The van der Waals surface area contributed by atoms with Gasteiger partial charge in [-0.05, 0) is 48.1 Å². The van der Waals surface area contributed by atoms with Gasteiger partial charge in [-0.2, -0.15) is 0 Å². The Labute approximate surface area is 108 Å². The number of halogens is 2. The largest absolute Gasteiger partial charge is 0.323 e. The van der Waals surface area contributed by atoms with E-state index in [1.165, 1.54) is 17.6 Å². The van der Waals surface area contributed by atoms with Gasteiger partial charge in [-0.15, -0.1) is 5.10 Å². The molecule has 0 radical (unpaired) electrons. The highest BCUT2D eigenvalue weighted by Crippen LogP contribution is 2.23. The summed E-state index contributed by atoms with van der Waals surface area (Å²) in [7, 11) is 0. The van der Waals surface area contributed by atoms with E-state index < -0.39 is 17.7 Å². The fourth-order valence-corrected chi connectivity index (χ4v) is 2.51. The number of benzene rings is 1. The molecule has 1 aromatic heterocycles. The molecule has 1 aromatic carbocycles. The van der Waals surface area contributed by atoms with Crippen molar-refractivity contribution in [3.63, 3.8) is 0 Å². The zero-order valence-corrected chi connectivity index (χ0v) is 10.7. The van der Waals surface area contributed by atoms with Gasteiger partial charge in [-0.1, -0.05) is 11.4 Å². The molecule has 0 aliphatic rings.